The number of hydrogen-bond acceptors (Lipinski definition) is 6. The zero-order chi connectivity index (χ0) is 26.8. The number of carbonyl (C=O) groups excluding carboxylic acids is 1. The van der Waals surface area contributed by atoms with Gasteiger partial charge in [0.25, 0.3) is 0 Å². The molecule has 8 nitrogen and oxygen atoms in total. The highest BCUT2D eigenvalue weighted by molar-refractivity contribution is 7.91. The van der Waals surface area contributed by atoms with Gasteiger partial charge < -0.3 is 4.90 Å². The van der Waals surface area contributed by atoms with Gasteiger partial charge >= 0.3 is 6.18 Å². The predicted molar refractivity (Wildman–Crippen MR) is 129 cm³/mol. The Balaban J connectivity index is 1.53. The summed E-state index contributed by atoms with van der Waals surface area (Å²) in [7, 11) is -8.99. The monoisotopic (exact) mass is 559 g/mol. The molecule has 0 radical (unpaired) electrons. The lowest BCUT2D eigenvalue weighted by Gasteiger charge is -2.33. The number of nitrogens with zero attached hydrogens (tertiary/aromatic N) is 2. The average molecular weight is 560 g/mol. The van der Waals surface area contributed by atoms with Gasteiger partial charge in [-0.05, 0) is 69.1 Å². The van der Waals surface area contributed by atoms with Crippen LogP contribution in [0.25, 0.3) is 0 Å². The van der Waals surface area contributed by atoms with Crippen molar-refractivity contribution in [3.8, 4) is 0 Å². The van der Waals surface area contributed by atoms with Crippen LogP contribution in [0.15, 0.2) is 63.2 Å². The molecule has 0 aliphatic carbocycles. The van der Waals surface area contributed by atoms with E-state index in [1.54, 1.807) is 11.0 Å². The van der Waals surface area contributed by atoms with Gasteiger partial charge in [-0.3, -0.25) is 9.69 Å². The molecule has 0 unspecified atom stereocenters. The topological polar surface area (TPSA) is 104 Å². The number of benzene rings is 2. The molecular formula is C24H28F3N3O5S2. The molecule has 0 aromatic heterocycles. The molecule has 2 heterocycles. The molecule has 2 aromatic rings. The van der Waals surface area contributed by atoms with E-state index in [1.807, 2.05) is 0 Å². The Morgan fingerprint density at radius 2 is 1.51 bits per heavy atom. The smallest absolute Gasteiger partial charge is 0.341 e. The van der Waals surface area contributed by atoms with Crippen molar-refractivity contribution in [3.63, 3.8) is 0 Å². The van der Waals surface area contributed by atoms with Gasteiger partial charge in [0.15, 0.2) is 0 Å². The zero-order valence-electron chi connectivity index (χ0n) is 19.9. The Bertz CT molecular complexity index is 1340. The SMILES string of the molecule is O=C(CN1CCCC1)N1CCC(NS(=O)(=O)c2cc(S(=O)(=O)c3ccccc3)ccc2C(F)(F)F)CC1. The molecule has 2 aliphatic heterocycles. The fraction of sp³-hybridized carbons (Fsp3) is 0.458. The van der Waals surface area contributed by atoms with Gasteiger partial charge in [0, 0.05) is 19.1 Å². The quantitative estimate of drug-likeness (QED) is 0.560. The summed E-state index contributed by atoms with van der Waals surface area (Å²) in [4.78, 5) is 14.4. The van der Waals surface area contributed by atoms with Crippen LogP contribution in [-0.2, 0) is 30.8 Å². The minimum atomic E-state index is -5.02. The Morgan fingerprint density at radius 3 is 2.11 bits per heavy atom. The van der Waals surface area contributed by atoms with E-state index in [2.05, 4.69) is 9.62 Å². The summed E-state index contributed by atoms with van der Waals surface area (Å²) in [6.07, 6.45) is -2.47. The van der Waals surface area contributed by atoms with Crippen LogP contribution >= 0.6 is 0 Å². The van der Waals surface area contributed by atoms with E-state index >= 15 is 0 Å². The van der Waals surface area contributed by atoms with Gasteiger partial charge in [-0.15, -0.1) is 0 Å². The number of amides is 1. The fourth-order valence-corrected chi connectivity index (χ4v) is 7.56. The average Bonchev–Trinajstić information content (AvgIpc) is 3.37. The summed E-state index contributed by atoms with van der Waals surface area (Å²) in [6.45, 7) is 2.57. The van der Waals surface area contributed by atoms with E-state index in [4.69, 9.17) is 0 Å². The third-order valence-electron chi connectivity index (χ3n) is 6.64. The number of halogens is 3. The number of carbonyl (C=O) groups is 1. The van der Waals surface area contributed by atoms with Crippen molar-refractivity contribution in [2.24, 2.45) is 0 Å². The van der Waals surface area contributed by atoms with Gasteiger partial charge in [0.05, 0.1) is 26.8 Å². The van der Waals surface area contributed by atoms with E-state index in [0.717, 1.165) is 32.0 Å². The minimum absolute atomic E-state index is 0.0543. The molecule has 37 heavy (non-hydrogen) atoms. The summed E-state index contributed by atoms with van der Waals surface area (Å²) in [6, 6.07) is 8.14. The van der Waals surface area contributed by atoms with Crippen LogP contribution < -0.4 is 4.72 Å². The van der Waals surface area contributed by atoms with Crippen LogP contribution in [0.5, 0.6) is 0 Å². The molecule has 1 amide bonds. The van der Waals surface area contributed by atoms with Crippen molar-refractivity contribution in [2.45, 2.75) is 52.6 Å². The number of hydrogen-bond donors (Lipinski definition) is 1. The molecule has 2 aliphatic rings. The first-order chi connectivity index (χ1) is 17.4. The van der Waals surface area contributed by atoms with Gasteiger partial charge in [-0.25, -0.2) is 21.6 Å². The molecule has 2 fully saturated rings. The molecule has 2 saturated heterocycles. The van der Waals surface area contributed by atoms with Gasteiger partial charge in [-0.2, -0.15) is 13.2 Å². The second-order valence-corrected chi connectivity index (χ2v) is 12.9. The first-order valence-corrected chi connectivity index (χ1v) is 14.9. The second-order valence-electron chi connectivity index (χ2n) is 9.23. The molecule has 4 rings (SSSR count). The lowest BCUT2D eigenvalue weighted by molar-refractivity contribution is -0.140. The molecule has 0 saturated carbocycles. The van der Waals surface area contributed by atoms with Crippen LogP contribution in [0.1, 0.15) is 31.2 Å². The third-order valence-corrected chi connectivity index (χ3v) is 9.97. The van der Waals surface area contributed by atoms with Crippen LogP contribution in [0.2, 0.25) is 0 Å². The number of sulfonamides is 1. The summed E-state index contributed by atoms with van der Waals surface area (Å²) in [5.74, 6) is -0.0543. The van der Waals surface area contributed by atoms with Gasteiger partial charge in [-0.1, -0.05) is 18.2 Å². The fourth-order valence-electron chi connectivity index (χ4n) is 4.62. The second kappa shape index (κ2) is 10.7. The van der Waals surface area contributed by atoms with Crippen LogP contribution in [-0.4, -0.2) is 71.3 Å². The van der Waals surface area contributed by atoms with Crippen molar-refractivity contribution in [1.82, 2.24) is 14.5 Å². The van der Waals surface area contributed by atoms with Gasteiger partial charge in [0.1, 0.15) is 0 Å². The summed E-state index contributed by atoms with van der Waals surface area (Å²) >= 11 is 0. The number of rotatable bonds is 7. The van der Waals surface area contributed by atoms with Crippen LogP contribution in [0, 0.1) is 0 Å². The van der Waals surface area contributed by atoms with Crippen molar-refractivity contribution >= 4 is 25.8 Å². The largest absolute Gasteiger partial charge is 0.417 e. The molecule has 13 heteroatoms. The maximum atomic E-state index is 13.7. The standard InChI is InChI=1S/C24H28F3N3O5S2/c25-24(26,27)21-9-8-20(36(32,33)19-6-2-1-3-7-19)16-22(21)37(34,35)28-18-10-14-30(15-11-18)23(31)17-29-12-4-5-13-29/h1-3,6-9,16,18,28H,4-5,10-15,17H2. The van der Waals surface area contributed by atoms with E-state index in [1.165, 1.54) is 24.3 Å². The Morgan fingerprint density at radius 1 is 0.892 bits per heavy atom. The molecule has 202 valence electrons. The number of nitrogens with one attached hydrogen (secondary N) is 1. The molecular weight excluding hydrogens is 531 g/mol. The normalized spacial score (nSPS) is 18.3. The number of sulfone groups is 1. The first-order valence-electron chi connectivity index (χ1n) is 11.9. The van der Waals surface area contributed by atoms with Crippen molar-refractivity contribution < 1.29 is 34.8 Å². The van der Waals surface area contributed by atoms with Crippen LogP contribution in [0.3, 0.4) is 0 Å². The van der Waals surface area contributed by atoms with Crippen molar-refractivity contribution in [3.05, 3.63) is 54.1 Å². The number of alkyl halides is 3. The molecule has 0 bridgehead atoms. The molecule has 0 atom stereocenters. The Labute approximate surface area is 214 Å². The molecule has 0 spiro atoms. The van der Waals surface area contributed by atoms with Crippen molar-refractivity contribution in [2.75, 3.05) is 32.7 Å². The minimum Gasteiger partial charge on any atom is -0.341 e. The summed E-state index contributed by atoms with van der Waals surface area (Å²) < 4.78 is 95.7. The maximum Gasteiger partial charge on any atom is 0.417 e. The molecule has 2 aromatic carbocycles. The third kappa shape index (κ3) is 6.33. The Hall–Kier alpha value is -2.48. The van der Waals surface area contributed by atoms with Crippen molar-refractivity contribution in [1.29, 1.82) is 0 Å². The molecule has 1 N–H and O–H groups in total. The number of likely N-dealkylation sites (tertiary alicyclic amines) is 2. The highest BCUT2D eigenvalue weighted by Gasteiger charge is 2.39. The highest BCUT2D eigenvalue weighted by atomic mass is 32.2. The van der Waals surface area contributed by atoms with E-state index in [-0.39, 0.29) is 36.7 Å². The summed E-state index contributed by atoms with van der Waals surface area (Å²) in [5.41, 5.74) is -1.45. The number of piperidine rings is 1. The lowest BCUT2D eigenvalue weighted by atomic mass is 10.1. The lowest BCUT2D eigenvalue weighted by Crippen LogP contribution is -2.48. The zero-order valence-corrected chi connectivity index (χ0v) is 21.6. The maximum absolute atomic E-state index is 13.7. The van der Waals surface area contributed by atoms with Crippen LogP contribution in [0.4, 0.5) is 13.2 Å². The summed E-state index contributed by atoms with van der Waals surface area (Å²) in [5, 5.41) is 0. The Kier molecular flexibility index (Phi) is 7.98. The van der Waals surface area contributed by atoms with E-state index in [0.29, 0.717) is 18.7 Å². The predicted octanol–water partition coefficient (Wildman–Crippen LogP) is 2.90. The van der Waals surface area contributed by atoms with Gasteiger partial charge in [0.2, 0.25) is 25.8 Å². The van der Waals surface area contributed by atoms with E-state index in [9.17, 15) is 34.8 Å². The van der Waals surface area contributed by atoms with E-state index < -0.39 is 47.4 Å². The first kappa shape index (κ1) is 27.6. The highest BCUT2D eigenvalue weighted by Crippen LogP contribution is 2.36.